The third kappa shape index (κ3) is 2.67. The van der Waals surface area contributed by atoms with Crippen molar-refractivity contribution in [1.29, 1.82) is 0 Å². The highest BCUT2D eigenvalue weighted by Gasteiger charge is 2.10. The van der Waals surface area contributed by atoms with Crippen molar-refractivity contribution in [1.82, 2.24) is 19.9 Å². The van der Waals surface area contributed by atoms with Crippen molar-refractivity contribution in [2.24, 2.45) is 0 Å². The zero-order valence-corrected chi connectivity index (χ0v) is 12.7. The van der Waals surface area contributed by atoms with Crippen molar-refractivity contribution in [3.05, 3.63) is 54.0 Å². The number of nitrogens with zero attached hydrogens (tertiary/aromatic N) is 3. The minimum Gasteiger partial charge on any atom is -0.316 e. The third-order valence-electron chi connectivity index (χ3n) is 3.56. The molecule has 0 unspecified atom stereocenters. The molecule has 0 saturated carbocycles. The van der Waals surface area contributed by atoms with E-state index in [0.29, 0.717) is 5.92 Å². The zero-order chi connectivity index (χ0) is 14.8. The van der Waals surface area contributed by atoms with Crippen LogP contribution in [0.3, 0.4) is 0 Å². The molecule has 3 rings (SSSR count). The molecule has 0 bridgehead atoms. The first-order valence-corrected chi connectivity index (χ1v) is 7.27. The molecule has 1 N–H and O–H groups in total. The molecule has 4 heteroatoms. The van der Waals surface area contributed by atoms with Crippen LogP contribution in [0.25, 0.3) is 16.9 Å². The second kappa shape index (κ2) is 5.66. The summed E-state index contributed by atoms with van der Waals surface area (Å²) in [6.07, 6.45) is 1.85. The Kier molecular flexibility index (Phi) is 3.71. The van der Waals surface area contributed by atoms with Gasteiger partial charge in [0.1, 0.15) is 12.1 Å². The summed E-state index contributed by atoms with van der Waals surface area (Å²) in [4.78, 5) is 9.26. The van der Waals surface area contributed by atoms with Crippen LogP contribution < -0.4 is 5.32 Å². The SMILES string of the molecule is CNCc1cc(C(C)C)nc(-n2cnc3ccccc32)c1. The van der Waals surface area contributed by atoms with Crippen LogP contribution in [0.2, 0.25) is 0 Å². The number of para-hydroxylation sites is 2. The Morgan fingerprint density at radius 2 is 2.00 bits per heavy atom. The number of hydrogen-bond donors (Lipinski definition) is 1. The Morgan fingerprint density at radius 1 is 1.19 bits per heavy atom. The molecular formula is C17H20N4. The molecule has 0 spiro atoms. The molecule has 0 radical (unpaired) electrons. The summed E-state index contributed by atoms with van der Waals surface area (Å²) in [5, 5.41) is 3.21. The fraction of sp³-hybridized carbons (Fsp3) is 0.294. The first-order valence-electron chi connectivity index (χ1n) is 7.27. The number of rotatable bonds is 4. The summed E-state index contributed by atoms with van der Waals surface area (Å²) < 4.78 is 2.06. The highest BCUT2D eigenvalue weighted by atomic mass is 15.1. The lowest BCUT2D eigenvalue weighted by Crippen LogP contribution is -2.09. The minimum atomic E-state index is 0.398. The molecular weight excluding hydrogens is 260 g/mol. The number of aromatic nitrogens is 3. The normalized spacial score (nSPS) is 11.4. The lowest BCUT2D eigenvalue weighted by molar-refractivity contribution is 0.779. The lowest BCUT2D eigenvalue weighted by Gasteiger charge is -2.12. The number of benzene rings is 1. The summed E-state index contributed by atoms with van der Waals surface area (Å²) >= 11 is 0. The van der Waals surface area contributed by atoms with Gasteiger partial charge in [-0.2, -0.15) is 0 Å². The molecule has 108 valence electrons. The lowest BCUT2D eigenvalue weighted by atomic mass is 10.1. The molecule has 0 aliphatic heterocycles. The highest BCUT2D eigenvalue weighted by molar-refractivity contribution is 5.76. The maximum Gasteiger partial charge on any atom is 0.138 e. The Balaban J connectivity index is 2.16. The molecule has 21 heavy (non-hydrogen) atoms. The smallest absolute Gasteiger partial charge is 0.138 e. The Bertz CT molecular complexity index is 758. The number of nitrogens with one attached hydrogen (secondary N) is 1. The summed E-state index contributed by atoms with van der Waals surface area (Å²) in [5.74, 6) is 1.33. The van der Waals surface area contributed by atoms with Crippen molar-refractivity contribution < 1.29 is 0 Å². The molecule has 4 nitrogen and oxygen atoms in total. The Labute approximate surface area is 124 Å². The van der Waals surface area contributed by atoms with Gasteiger partial charge in [0.05, 0.1) is 11.0 Å². The predicted molar refractivity (Wildman–Crippen MR) is 85.7 cm³/mol. The van der Waals surface area contributed by atoms with Crippen molar-refractivity contribution in [3.63, 3.8) is 0 Å². The molecule has 0 amide bonds. The molecule has 2 aromatic heterocycles. The average Bonchev–Trinajstić information content (AvgIpc) is 2.91. The van der Waals surface area contributed by atoms with Gasteiger partial charge in [-0.3, -0.25) is 4.57 Å². The number of pyridine rings is 1. The van der Waals surface area contributed by atoms with E-state index in [2.05, 4.69) is 46.9 Å². The van der Waals surface area contributed by atoms with E-state index in [4.69, 9.17) is 4.98 Å². The van der Waals surface area contributed by atoms with E-state index in [0.717, 1.165) is 29.1 Å². The van der Waals surface area contributed by atoms with Gasteiger partial charge in [-0.05, 0) is 42.8 Å². The maximum absolute atomic E-state index is 4.80. The Morgan fingerprint density at radius 3 is 2.76 bits per heavy atom. The summed E-state index contributed by atoms with van der Waals surface area (Å²) in [5.41, 5.74) is 4.42. The van der Waals surface area contributed by atoms with Crippen LogP contribution in [0.5, 0.6) is 0 Å². The van der Waals surface area contributed by atoms with E-state index in [-0.39, 0.29) is 0 Å². The van der Waals surface area contributed by atoms with Crippen LogP contribution in [0.15, 0.2) is 42.7 Å². The van der Waals surface area contributed by atoms with Crippen molar-refractivity contribution in [3.8, 4) is 5.82 Å². The topological polar surface area (TPSA) is 42.7 Å². The van der Waals surface area contributed by atoms with E-state index in [1.807, 2.05) is 31.6 Å². The van der Waals surface area contributed by atoms with E-state index in [9.17, 15) is 0 Å². The van der Waals surface area contributed by atoms with E-state index < -0.39 is 0 Å². The van der Waals surface area contributed by atoms with Gasteiger partial charge in [0.25, 0.3) is 0 Å². The molecule has 2 heterocycles. The second-order valence-electron chi connectivity index (χ2n) is 5.55. The molecule has 0 atom stereocenters. The number of fused-ring (bicyclic) bond motifs is 1. The minimum absolute atomic E-state index is 0.398. The van der Waals surface area contributed by atoms with Gasteiger partial charge < -0.3 is 5.32 Å². The molecule has 0 aliphatic rings. The van der Waals surface area contributed by atoms with E-state index in [1.54, 1.807) is 0 Å². The maximum atomic E-state index is 4.80. The van der Waals surface area contributed by atoms with Crippen LogP contribution in [0.1, 0.15) is 31.0 Å². The average molecular weight is 280 g/mol. The quantitative estimate of drug-likeness (QED) is 0.797. The van der Waals surface area contributed by atoms with Gasteiger partial charge in [0.2, 0.25) is 0 Å². The molecule has 0 aliphatic carbocycles. The van der Waals surface area contributed by atoms with Gasteiger partial charge in [0, 0.05) is 12.2 Å². The van der Waals surface area contributed by atoms with E-state index in [1.165, 1.54) is 5.56 Å². The third-order valence-corrected chi connectivity index (χ3v) is 3.56. The number of imidazole rings is 1. The molecule has 1 aromatic carbocycles. The molecule has 3 aromatic rings. The van der Waals surface area contributed by atoms with Crippen molar-refractivity contribution in [2.75, 3.05) is 7.05 Å². The van der Waals surface area contributed by atoms with Crippen molar-refractivity contribution in [2.45, 2.75) is 26.3 Å². The molecule has 0 saturated heterocycles. The standard InChI is InChI=1S/C17H20N4/c1-12(2)15-8-13(10-18-3)9-17(20-15)21-11-19-14-6-4-5-7-16(14)21/h4-9,11-12,18H,10H2,1-3H3. The monoisotopic (exact) mass is 280 g/mol. The van der Waals surface area contributed by atoms with Crippen LogP contribution in [0.4, 0.5) is 0 Å². The largest absolute Gasteiger partial charge is 0.316 e. The zero-order valence-electron chi connectivity index (χ0n) is 12.7. The highest BCUT2D eigenvalue weighted by Crippen LogP contribution is 2.21. The molecule has 0 fully saturated rings. The predicted octanol–water partition coefficient (Wildman–Crippen LogP) is 3.26. The van der Waals surface area contributed by atoms with Gasteiger partial charge in [-0.25, -0.2) is 9.97 Å². The summed E-state index contributed by atoms with van der Waals surface area (Å²) in [6, 6.07) is 12.4. The van der Waals surface area contributed by atoms with E-state index >= 15 is 0 Å². The van der Waals surface area contributed by atoms with Crippen LogP contribution >= 0.6 is 0 Å². The summed E-state index contributed by atoms with van der Waals surface area (Å²) in [7, 11) is 1.96. The van der Waals surface area contributed by atoms with Gasteiger partial charge in [-0.1, -0.05) is 26.0 Å². The van der Waals surface area contributed by atoms with Gasteiger partial charge in [-0.15, -0.1) is 0 Å². The van der Waals surface area contributed by atoms with Crippen LogP contribution in [-0.2, 0) is 6.54 Å². The van der Waals surface area contributed by atoms with Gasteiger partial charge in [0.15, 0.2) is 0 Å². The fourth-order valence-corrected chi connectivity index (χ4v) is 2.46. The van der Waals surface area contributed by atoms with Crippen molar-refractivity contribution >= 4 is 11.0 Å². The first-order chi connectivity index (χ1) is 10.2. The summed E-state index contributed by atoms with van der Waals surface area (Å²) in [6.45, 7) is 5.17. The second-order valence-corrected chi connectivity index (χ2v) is 5.55. The fourth-order valence-electron chi connectivity index (χ4n) is 2.46. The van der Waals surface area contributed by atoms with Gasteiger partial charge >= 0.3 is 0 Å². The van der Waals surface area contributed by atoms with Crippen LogP contribution in [-0.4, -0.2) is 21.6 Å². The number of hydrogen-bond acceptors (Lipinski definition) is 3. The first kappa shape index (κ1) is 13.8. The van der Waals surface area contributed by atoms with Crippen LogP contribution in [0, 0.1) is 0 Å². The Hall–Kier alpha value is -2.20.